The van der Waals surface area contributed by atoms with E-state index in [1.165, 1.54) is 18.6 Å². The first kappa shape index (κ1) is 23.7. The van der Waals surface area contributed by atoms with Crippen LogP contribution in [0.25, 0.3) is 0 Å². The van der Waals surface area contributed by atoms with Crippen molar-refractivity contribution in [1.29, 1.82) is 0 Å². The molecule has 9 heteroatoms. The predicted octanol–water partition coefficient (Wildman–Crippen LogP) is 6.51. The fourth-order valence-electron chi connectivity index (χ4n) is 6.38. The lowest BCUT2D eigenvalue weighted by molar-refractivity contribution is -0.00372. The van der Waals surface area contributed by atoms with Gasteiger partial charge in [-0.25, -0.2) is 4.79 Å². The molecule has 4 aliphatic carbocycles. The Bertz CT molecular complexity index is 1160. The number of esters is 1. The Kier molecular flexibility index (Phi) is 6.60. The van der Waals surface area contributed by atoms with Gasteiger partial charge in [0.15, 0.2) is 5.75 Å². The van der Waals surface area contributed by atoms with Crippen molar-refractivity contribution in [3.8, 4) is 5.75 Å². The summed E-state index contributed by atoms with van der Waals surface area (Å²) in [5.41, 5.74) is 0.897. The second-order valence-corrected chi connectivity index (χ2v) is 14.2. The van der Waals surface area contributed by atoms with Crippen molar-refractivity contribution in [2.24, 2.45) is 23.7 Å². The first-order chi connectivity index (χ1) is 15.1. The minimum atomic E-state index is -4.39. The van der Waals surface area contributed by atoms with Crippen molar-refractivity contribution < 1.29 is 22.5 Å². The highest BCUT2D eigenvalue weighted by Gasteiger charge is 2.49. The van der Waals surface area contributed by atoms with Gasteiger partial charge in [0.25, 0.3) is 10.1 Å². The molecule has 1 N–H and O–H groups in total. The van der Waals surface area contributed by atoms with Gasteiger partial charge in [0.2, 0.25) is 0 Å². The summed E-state index contributed by atoms with van der Waals surface area (Å²) in [5, 5.41) is 0. The molecule has 0 spiro atoms. The van der Waals surface area contributed by atoms with E-state index in [1.54, 1.807) is 6.07 Å². The van der Waals surface area contributed by atoms with E-state index in [9.17, 15) is 17.8 Å². The van der Waals surface area contributed by atoms with Gasteiger partial charge in [0, 0.05) is 3.57 Å². The molecule has 0 unspecified atom stereocenters. The van der Waals surface area contributed by atoms with Gasteiger partial charge >= 0.3 is 5.97 Å². The zero-order chi connectivity index (χ0) is 22.8. The molecule has 4 saturated carbocycles. The number of carbonyl (C=O) groups is 1. The number of rotatable bonds is 4. The summed E-state index contributed by atoms with van der Waals surface area (Å²) in [6.45, 7) is 0. The molecule has 2 aromatic carbocycles. The van der Waals surface area contributed by atoms with Crippen molar-refractivity contribution in [2.75, 3.05) is 0 Å². The molecule has 2 aromatic rings. The molecule has 0 saturated heterocycles. The topological polar surface area (TPSA) is 80.7 Å². The first-order valence-electron chi connectivity index (χ1n) is 10.6. The molecule has 170 valence electrons. The normalized spacial score (nSPS) is 28.7. The van der Waals surface area contributed by atoms with Crippen LogP contribution in [0.2, 0.25) is 0 Å². The lowest BCUT2D eigenvalue weighted by Gasteiger charge is -2.54. The largest absolute Gasteiger partial charge is 0.421 e. The van der Waals surface area contributed by atoms with Gasteiger partial charge in [-0.05, 0) is 165 Å². The van der Waals surface area contributed by atoms with Crippen LogP contribution in [-0.2, 0) is 10.1 Å². The monoisotopic (exact) mass is 790 g/mol. The van der Waals surface area contributed by atoms with Crippen LogP contribution < -0.4 is 4.74 Å². The summed E-state index contributed by atoms with van der Waals surface area (Å²) in [6.07, 6.45) is 5.73. The Hall–Kier alpha value is 0.01000. The fraction of sp³-hybridized carbons (Fsp3) is 0.435. The number of hydrogen-bond acceptors (Lipinski definition) is 4. The third kappa shape index (κ3) is 4.49. The summed E-state index contributed by atoms with van der Waals surface area (Å²) in [7, 11) is -4.39. The quantitative estimate of drug-likeness (QED) is 0.166. The molecular formula is C23H21I3O5S. The Morgan fingerprint density at radius 1 is 0.906 bits per heavy atom. The number of ether oxygens (including phenoxy) is 1. The molecule has 32 heavy (non-hydrogen) atoms. The minimum Gasteiger partial charge on any atom is -0.421 e. The highest BCUT2D eigenvalue weighted by Crippen LogP contribution is 2.60. The zero-order valence-corrected chi connectivity index (χ0v) is 24.2. The van der Waals surface area contributed by atoms with Crippen molar-refractivity contribution in [3.63, 3.8) is 0 Å². The van der Waals surface area contributed by atoms with Gasteiger partial charge in [-0.2, -0.15) is 8.42 Å². The van der Waals surface area contributed by atoms with Gasteiger partial charge < -0.3 is 4.74 Å². The Balaban J connectivity index is 1.52. The Labute approximate surface area is 228 Å². The van der Waals surface area contributed by atoms with Crippen LogP contribution in [0.4, 0.5) is 0 Å². The van der Waals surface area contributed by atoms with Crippen molar-refractivity contribution in [1.82, 2.24) is 0 Å². The van der Waals surface area contributed by atoms with E-state index in [0.717, 1.165) is 48.2 Å². The maximum atomic E-state index is 13.1. The number of benzene rings is 2. The summed E-state index contributed by atoms with van der Waals surface area (Å²) in [6, 6.07) is 8.35. The number of hydrogen-bond donors (Lipinski definition) is 1. The molecule has 4 bridgehead atoms. The smallest absolute Gasteiger partial charge is 0.343 e. The van der Waals surface area contributed by atoms with E-state index in [0.29, 0.717) is 28.7 Å². The third-order valence-corrected chi connectivity index (χ3v) is 10.4. The molecule has 0 radical (unpaired) electrons. The van der Waals surface area contributed by atoms with Crippen LogP contribution in [0.15, 0.2) is 35.2 Å². The maximum absolute atomic E-state index is 13.1. The lowest BCUT2D eigenvalue weighted by atomic mass is 9.50. The fourth-order valence-corrected chi connectivity index (χ4v) is 10.9. The Morgan fingerprint density at radius 3 is 2.00 bits per heavy atom. The van der Waals surface area contributed by atoms with Crippen molar-refractivity contribution >= 4 is 83.9 Å². The standard InChI is InChI=1S/C23H21I3O5S/c24-16-9-18(25)22(19(26)10-16)31-23(27)13-1-2-20(32(28,29)30)17(8-13)21-14-4-11-3-12(6-14)7-15(21)5-11/h1-2,8-12,14-15,21H,3-7H2,(H,28,29,30). The molecular weight excluding hydrogens is 769 g/mol. The zero-order valence-electron chi connectivity index (χ0n) is 16.9. The molecule has 0 aliphatic heterocycles. The number of carbonyl (C=O) groups excluding carboxylic acids is 1. The molecule has 0 heterocycles. The van der Waals surface area contributed by atoms with E-state index in [1.807, 2.05) is 12.1 Å². The third-order valence-electron chi connectivity index (χ3n) is 7.27. The van der Waals surface area contributed by atoms with E-state index in [2.05, 4.69) is 67.8 Å². The van der Waals surface area contributed by atoms with Gasteiger partial charge in [-0.3, -0.25) is 4.55 Å². The average molecular weight is 790 g/mol. The first-order valence-corrected chi connectivity index (χ1v) is 15.3. The van der Waals surface area contributed by atoms with E-state index in [4.69, 9.17) is 4.74 Å². The highest BCUT2D eigenvalue weighted by molar-refractivity contribution is 14.1. The minimum absolute atomic E-state index is 0.0612. The van der Waals surface area contributed by atoms with Gasteiger partial charge in [-0.15, -0.1) is 0 Å². The SMILES string of the molecule is O=C(Oc1c(I)cc(I)cc1I)c1ccc(S(=O)(=O)O)c(C2C3CC4CC(C3)CC2C4)c1. The Morgan fingerprint density at radius 2 is 1.47 bits per heavy atom. The molecule has 0 aromatic heterocycles. The molecule has 0 amide bonds. The summed E-state index contributed by atoms with van der Waals surface area (Å²) >= 11 is 6.51. The van der Waals surface area contributed by atoms with Crippen LogP contribution in [0.5, 0.6) is 5.75 Å². The molecule has 4 aliphatic rings. The summed E-state index contributed by atoms with van der Waals surface area (Å²) < 4.78 is 42.8. The van der Waals surface area contributed by atoms with E-state index in [-0.39, 0.29) is 10.8 Å². The molecule has 0 atom stereocenters. The van der Waals surface area contributed by atoms with Gasteiger partial charge in [0.1, 0.15) is 0 Å². The molecule has 6 rings (SSSR count). The summed E-state index contributed by atoms with van der Waals surface area (Å²) in [5.74, 6) is 2.35. The van der Waals surface area contributed by atoms with Crippen LogP contribution in [0.3, 0.4) is 0 Å². The predicted molar refractivity (Wildman–Crippen MR) is 146 cm³/mol. The average Bonchev–Trinajstić information content (AvgIpc) is 2.69. The number of halogens is 3. The second-order valence-electron chi connectivity index (χ2n) is 9.27. The van der Waals surface area contributed by atoms with Crippen molar-refractivity contribution in [2.45, 2.75) is 42.9 Å². The summed E-state index contributed by atoms with van der Waals surface area (Å²) in [4.78, 5) is 13.0. The lowest BCUT2D eigenvalue weighted by Crippen LogP contribution is -2.44. The maximum Gasteiger partial charge on any atom is 0.343 e. The van der Waals surface area contributed by atoms with E-state index < -0.39 is 16.1 Å². The highest BCUT2D eigenvalue weighted by atomic mass is 127. The molecule has 4 fully saturated rings. The second kappa shape index (κ2) is 8.90. The molecule has 5 nitrogen and oxygen atoms in total. The van der Waals surface area contributed by atoms with Gasteiger partial charge in [-0.1, -0.05) is 0 Å². The van der Waals surface area contributed by atoms with Crippen LogP contribution in [0.1, 0.15) is 53.9 Å². The van der Waals surface area contributed by atoms with Crippen LogP contribution >= 0.6 is 67.8 Å². The van der Waals surface area contributed by atoms with Crippen LogP contribution in [-0.4, -0.2) is 18.9 Å². The van der Waals surface area contributed by atoms with Gasteiger partial charge in [0.05, 0.1) is 17.6 Å². The van der Waals surface area contributed by atoms with Crippen LogP contribution in [0, 0.1) is 34.4 Å². The van der Waals surface area contributed by atoms with Crippen molar-refractivity contribution in [3.05, 3.63) is 52.2 Å². The van der Waals surface area contributed by atoms with E-state index >= 15 is 0 Å².